The first kappa shape index (κ1) is 12.1. The fraction of sp³-hybridized carbons (Fsp3) is 0.583. The number of pyridine rings is 1. The topological polar surface area (TPSA) is 45.2 Å². The average Bonchev–Trinajstić information content (AvgIpc) is 2.26. The second-order valence-electron chi connectivity index (χ2n) is 4.11. The molecule has 1 aromatic rings. The van der Waals surface area contributed by atoms with E-state index in [4.69, 9.17) is 0 Å². The Kier molecular flexibility index (Phi) is 4.72. The highest BCUT2D eigenvalue weighted by atomic mass is 16.3. The third-order valence-corrected chi connectivity index (χ3v) is 2.81. The Morgan fingerprint density at radius 1 is 1.40 bits per heavy atom. The van der Waals surface area contributed by atoms with Crippen LogP contribution in [-0.2, 0) is 0 Å². The summed E-state index contributed by atoms with van der Waals surface area (Å²) < 4.78 is 0. The Balaban J connectivity index is 2.87. The van der Waals surface area contributed by atoms with Gasteiger partial charge in [-0.05, 0) is 25.1 Å². The van der Waals surface area contributed by atoms with E-state index < -0.39 is 0 Å². The highest BCUT2D eigenvalue weighted by Gasteiger charge is 2.24. The van der Waals surface area contributed by atoms with Crippen LogP contribution in [0.5, 0.6) is 0 Å². The molecule has 0 saturated carbocycles. The second-order valence-corrected chi connectivity index (χ2v) is 4.11. The van der Waals surface area contributed by atoms with E-state index in [1.165, 1.54) is 0 Å². The van der Waals surface area contributed by atoms with E-state index >= 15 is 0 Å². The zero-order valence-corrected chi connectivity index (χ0v) is 9.64. The van der Waals surface area contributed by atoms with Crippen LogP contribution in [0.2, 0.25) is 0 Å². The second kappa shape index (κ2) is 5.83. The van der Waals surface area contributed by atoms with Crippen LogP contribution in [0.25, 0.3) is 0 Å². The molecule has 3 nitrogen and oxygen atoms in total. The lowest BCUT2D eigenvalue weighted by atomic mass is 9.87. The summed E-state index contributed by atoms with van der Waals surface area (Å²) >= 11 is 0. The van der Waals surface area contributed by atoms with Gasteiger partial charge in [0.1, 0.15) is 0 Å². The predicted molar refractivity (Wildman–Crippen MR) is 61.5 cm³/mol. The van der Waals surface area contributed by atoms with Crippen LogP contribution in [0, 0.1) is 11.8 Å². The highest BCUT2D eigenvalue weighted by Crippen LogP contribution is 2.25. The van der Waals surface area contributed by atoms with Crippen LogP contribution < -0.4 is 5.32 Å². The van der Waals surface area contributed by atoms with Gasteiger partial charge in [0.25, 0.3) is 0 Å². The van der Waals surface area contributed by atoms with Gasteiger partial charge in [0, 0.05) is 18.7 Å². The van der Waals surface area contributed by atoms with Crippen molar-refractivity contribution in [1.82, 2.24) is 10.3 Å². The minimum absolute atomic E-state index is 0.121. The molecular formula is C12H20N2O. The Hall–Kier alpha value is -0.930. The van der Waals surface area contributed by atoms with Crippen molar-refractivity contribution in [2.24, 2.45) is 11.8 Å². The molecule has 2 unspecified atom stereocenters. The van der Waals surface area contributed by atoms with Crippen LogP contribution in [0.15, 0.2) is 24.4 Å². The summed E-state index contributed by atoms with van der Waals surface area (Å²) in [5.41, 5.74) is 0.993. The Bertz CT molecular complexity index is 274. The normalized spacial score (nSPS) is 15.3. The molecule has 1 rings (SSSR count). The molecule has 0 aliphatic carbocycles. The van der Waals surface area contributed by atoms with Crippen LogP contribution in [0.4, 0.5) is 0 Å². The fourth-order valence-corrected chi connectivity index (χ4v) is 1.84. The lowest BCUT2D eigenvalue weighted by molar-refractivity contribution is 0.152. The molecule has 0 radical (unpaired) electrons. The number of rotatable bonds is 5. The van der Waals surface area contributed by atoms with Gasteiger partial charge in [-0.2, -0.15) is 0 Å². The number of nitrogens with one attached hydrogen (secondary N) is 1. The Morgan fingerprint density at radius 3 is 2.53 bits per heavy atom. The molecule has 0 spiro atoms. The lowest BCUT2D eigenvalue weighted by Crippen LogP contribution is -2.31. The molecule has 0 saturated heterocycles. The number of aliphatic hydroxyl groups is 1. The van der Waals surface area contributed by atoms with E-state index in [1.54, 1.807) is 6.20 Å². The quantitative estimate of drug-likeness (QED) is 0.772. The van der Waals surface area contributed by atoms with Crippen molar-refractivity contribution in [1.29, 1.82) is 0 Å². The molecule has 0 aliphatic rings. The maximum absolute atomic E-state index is 9.39. The van der Waals surface area contributed by atoms with Gasteiger partial charge in [-0.3, -0.25) is 4.98 Å². The molecular weight excluding hydrogens is 188 g/mol. The fourth-order valence-electron chi connectivity index (χ4n) is 1.84. The molecule has 84 valence electrons. The van der Waals surface area contributed by atoms with Gasteiger partial charge < -0.3 is 10.4 Å². The van der Waals surface area contributed by atoms with Crippen molar-refractivity contribution in [3.8, 4) is 0 Å². The van der Waals surface area contributed by atoms with Crippen molar-refractivity contribution >= 4 is 0 Å². The van der Waals surface area contributed by atoms with Gasteiger partial charge in [-0.25, -0.2) is 0 Å². The molecule has 0 aromatic carbocycles. The Labute approximate surface area is 91.5 Å². The van der Waals surface area contributed by atoms with E-state index in [0.29, 0.717) is 5.92 Å². The average molecular weight is 208 g/mol. The van der Waals surface area contributed by atoms with Gasteiger partial charge >= 0.3 is 0 Å². The van der Waals surface area contributed by atoms with Crippen LogP contribution in [-0.4, -0.2) is 23.7 Å². The van der Waals surface area contributed by atoms with E-state index in [1.807, 2.05) is 25.2 Å². The zero-order chi connectivity index (χ0) is 11.3. The van der Waals surface area contributed by atoms with E-state index in [9.17, 15) is 5.11 Å². The van der Waals surface area contributed by atoms with Gasteiger partial charge in [-0.1, -0.05) is 19.9 Å². The van der Waals surface area contributed by atoms with Crippen molar-refractivity contribution in [2.45, 2.75) is 19.9 Å². The maximum Gasteiger partial charge on any atom is 0.0576 e. The monoisotopic (exact) mass is 208 g/mol. The van der Waals surface area contributed by atoms with E-state index in [2.05, 4.69) is 24.1 Å². The largest absolute Gasteiger partial charge is 0.396 e. The third-order valence-electron chi connectivity index (χ3n) is 2.81. The Morgan fingerprint density at radius 2 is 2.13 bits per heavy atom. The molecule has 2 atom stereocenters. The number of aliphatic hydroxyl groups excluding tert-OH is 1. The van der Waals surface area contributed by atoms with E-state index in [0.717, 1.165) is 5.69 Å². The molecule has 3 heteroatoms. The van der Waals surface area contributed by atoms with Crippen molar-refractivity contribution in [2.75, 3.05) is 13.7 Å². The SMILES string of the molecule is CNC(c1ccccn1)C(CO)C(C)C. The molecule has 0 fully saturated rings. The lowest BCUT2D eigenvalue weighted by Gasteiger charge is -2.27. The first-order chi connectivity index (χ1) is 7.20. The van der Waals surface area contributed by atoms with Crippen LogP contribution in [0.1, 0.15) is 25.6 Å². The van der Waals surface area contributed by atoms with Crippen LogP contribution >= 0.6 is 0 Å². The molecule has 15 heavy (non-hydrogen) atoms. The molecule has 2 N–H and O–H groups in total. The maximum atomic E-state index is 9.39. The third kappa shape index (κ3) is 3.01. The summed E-state index contributed by atoms with van der Waals surface area (Å²) in [6, 6.07) is 5.99. The molecule has 1 aromatic heterocycles. The zero-order valence-electron chi connectivity index (χ0n) is 9.64. The smallest absolute Gasteiger partial charge is 0.0576 e. The molecule has 0 aliphatic heterocycles. The van der Waals surface area contributed by atoms with Crippen molar-refractivity contribution < 1.29 is 5.11 Å². The van der Waals surface area contributed by atoms with Gasteiger partial charge in [0.05, 0.1) is 11.7 Å². The predicted octanol–water partition coefficient (Wildman–Crippen LogP) is 1.61. The first-order valence-corrected chi connectivity index (χ1v) is 5.39. The summed E-state index contributed by atoms with van der Waals surface area (Å²) in [4.78, 5) is 4.33. The van der Waals surface area contributed by atoms with Crippen molar-refractivity contribution in [3.05, 3.63) is 30.1 Å². The summed E-state index contributed by atoms with van der Waals surface area (Å²) in [5, 5.41) is 12.6. The van der Waals surface area contributed by atoms with Gasteiger partial charge in [0.2, 0.25) is 0 Å². The molecule has 0 amide bonds. The van der Waals surface area contributed by atoms with Crippen molar-refractivity contribution in [3.63, 3.8) is 0 Å². The summed E-state index contributed by atoms with van der Waals surface area (Å²) in [6.45, 7) is 4.42. The number of aromatic nitrogens is 1. The summed E-state index contributed by atoms with van der Waals surface area (Å²) in [7, 11) is 1.91. The molecule has 1 heterocycles. The first-order valence-electron chi connectivity index (χ1n) is 5.39. The van der Waals surface area contributed by atoms with E-state index in [-0.39, 0.29) is 18.6 Å². The van der Waals surface area contributed by atoms with Gasteiger partial charge in [-0.15, -0.1) is 0 Å². The standard InChI is InChI=1S/C12H20N2O/c1-9(2)10(8-15)12(13-3)11-6-4-5-7-14-11/h4-7,9-10,12-13,15H,8H2,1-3H3. The number of hydrogen-bond donors (Lipinski definition) is 2. The number of hydrogen-bond acceptors (Lipinski definition) is 3. The van der Waals surface area contributed by atoms with Gasteiger partial charge in [0.15, 0.2) is 0 Å². The highest BCUT2D eigenvalue weighted by molar-refractivity contribution is 5.10. The minimum atomic E-state index is 0.121. The number of nitrogens with zero attached hydrogens (tertiary/aromatic N) is 1. The minimum Gasteiger partial charge on any atom is -0.396 e. The summed E-state index contributed by atoms with van der Waals surface area (Å²) in [6.07, 6.45) is 1.79. The van der Waals surface area contributed by atoms with Crippen LogP contribution in [0.3, 0.4) is 0 Å². The summed E-state index contributed by atoms with van der Waals surface area (Å²) in [5.74, 6) is 0.624. The molecule has 0 bridgehead atoms.